The van der Waals surface area contributed by atoms with Gasteiger partial charge in [0, 0.05) is 23.6 Å². The molecule has 1 unspecified atom stereocenters. The maximum absolute atomic E-state index is 6.06. The molecule has 1 aromatic rings. The Hall–Kier alpha value is -0.570. The zero-order chi connectivity index (χ0) is 9.31. The Bertz CT molecular complexity index is 304. The van der Waals surface area contributed by atoms with Gasteiger partial charge in [0.15, 0.2) is 0 Å². The van der Waals surface area contributed by atoms with Crippen molar-refractivity contribution in [1.82, 2.24) is 0 Å². The fourth-order valence-electron chi connectivity index (χ4n) is 1.66. The van der Waals surface area contributed by atoms with E-state index in [1.54, 1.807) is 0 Å². The molecular formula is C10H12ClNO. The first-order valence-electron chi connectivity index (χ1n) is 4.37. The fraction of sp³-hybridized carbons (Fsp3) is 0.400. The van der Waals surface area contributed by atoms with Gasteiger partial charge in [0.25, 0.3) is 0 Å². The van der Waals surface area contributed by atoms with E-state index in [-0.39, 0.29) is 5.60 Å². The van der Waals surface area contributed by atoms with Crippen LogP contribution in [0.25, 0.3) is 0 Å². The fourth-order valence-corrected chi connectivity index (χ4v) is 1.97. The van der Waals surface area contributed by atoms with Crippen LogP contribution in [-0.2, 0) is 10.3 Å². The monoisotopic (exact) mass is 197 g/mol. The van der Waals surface area contributed by atoms with Crippen molar-refractivity contribution >= 4 is 11.6 Å². The van der Waals surface area contributed by atoms with Crippen molar-refractivity contribution in [3.8, 4) is 0 Å². The van der Waals surface area contributed by atoms with Crippen LogP contribution in [0.3, 0.4) is 0 Å². The molecule has 0 radical (unpaired) electrons. The van der Waals surface area contributed by atoms with E-state index in [0.29, 0.717) is 6.54 Å². The smallest absolute Gasteiger partial charge is 0.109 e. The number of rotatable bonds is 2. The Kier molecular flexibility index (Phi) is 2.28. The van der Waals surface area contributed by atoms with Crippen LogP contribution >= 0.6 is 11.6 Å². The lowest BCUT2D eigenvalue weighted by Gasteiger charge is -2.41. The lowest BCUT2D eigenvalue weighted by molar-refractivity contribution is -0.146. The zero-order valence-corrected chi connectivity index (χ0v) is 8.05. The molecule has 0 aromatic heterocycles. The van der Waals surface area contributed by atoms with Crippen LogP contribution in [0, 0.1) is 0 Å². The first-order valence-corrected chi connectivity index (χ1v) is 4.75. The predicted molar refractivity (Wildman–Crippen MR) is 52.8 cm³/mol. The van der Waals surface area contributed by atoms with E-state index in [2.05, 4.69) is 0 Å². The van der Waals surface area contributed by atoms with Gasteiger partial charge >= 0.3 is 0 Å². The minimum Gasteiger partial charge on any atom is -0.369 e. The van der Waals surface area contributed by atoms with Gasteiger partial charge in [0.05, 0.1) is 6.61 Å². The number of benzene rings is 1. The number of ether oxygens (including phenoxy) is 1. The van der Waals surface area contributed by atoms with Gasteiger partial charge < -0.3 is 10.5 Å². The van der Waals surface area contributed by atoms with Crippen LogP contribution < -0.4 is 5.73 Å². The molecule has 0 aliphatic carbocycles. The average Bonchev–Trinajstić information content (AvgIpc) is 2.07. The standard InChI is InChI=1S/C10H12ClNO/c11-9-4-2-1-3-8(9)10(7-12)5-6-13-10/h1-4H,5-7,12H2. The van der Waals surface area contributed by atoms with Crippen molar-refractivity contribution < 1.29 is 4.74 Å². The highest BCUT2D eigenvalue weighted by Gasteiger charge is 2.40. The largest absolute Gasteiger partial charge is 0.369 e. The van der Waals surface area contributed by atoms with Gasteiger partial charge in [-0.2, -0.15) is 0 Å². The Labute approximate surface area is 82.6 Å². The van der Waals surface area contributed by atoms with Crippen LogP contribution in [0.15, 0.2) is 24.3 Å². The predicted octanol–water partition coefficient (Wildman–Crippen LogP) is 1.91. The second-order valence-electron chi connectivity index (χ2n) is 3.28. The average molecular weight is 198 g/mol. The molecule has 0 bridgehead atoms. The van der Waals surface area contributed by atoms with E-state index in [4.69, 9.17) is 22.1 Å². The number of halogens is 1. The molecule has 13 heavy (non-hydrogen) atoms. The second kappa shape index (κ2) is 3.29. The molecule has 2 N–H and O–H groups in total. The summed E-state index contributed by atoms with van der Waals surface area (Å²) in [6, 6.07) is 7.72. The summed E-state index contributed by atoms with van der Waals surface area (Å²) in [5.41, 5.74) is 6.40. The van der Waals surface area contributed by atoms with Gasteiger partial charge in [-0.1, -0.05) is 29.8 Å². The van der Waals surface area contributed by atoms with Crippen molar-refractivity contribution in [2.75, 3.05) is 13.2 Å². The summed E-state index contributed by atoms with van der Waals surface area (Å²) < 4.78 is 5.52. The third-order valence-electron chi connectivity index (χ3n) is 2.58. The van der Waals surface area contributed by atoms with Gasteiger partial charge in [-0.05, 0) is 6.07 Å². The van der Waals surface area contributed by atoms with E-state index < -0.39 is 0 Å². The van der Waals surface area contributed by atoms with Crippen molar-refractivity contribution in [1.29, 1.82) is 0 Å². The lowest BCUT2D eigenvalue weighted by Crippen LogP contribution is -2.47. The second-order valence-corrected chi connectivity index (χ2v) is 3.68. The van der Waals surface area contributed by atoms with Crippen LogP contribution in [-0.4, -0.2) is 13.2 Å². The van der Waals surface area contributed by atoms with E-state index in [9.17, 15) is 0 Å². The van der Waals surface area contributed by atoms with E-state index >= 15 is 0 Å². The third kappa shape index (κ3) is 1.35. The Morgan fingerprint density at radius 3 is 2.62 bits per heavy atom. The highest BCUT2D eigenvalue weighted by molar-refractivity contribution is 6.31. The maximum atomic E-state index is 6.06. The molecule has 0 amide bonds. The highest BCUT2D eigenvalue weighted by atomic mass is 35.5. The number of hydrogen-bond acceptors (Lipinski definition) is 2. The van der Waals surface area contributed by atoms with E-state index in [1.807, 2.05) is 24.3 Å². The molecule has 2 nitrogen and oxygen atoms in total. The molecule has 1 aliphatic rings. The summed E-state index contributed by atoms with van der Waals surface area (Å²) in [4.78, 5) is 0. The molecule has 0 spiro atoms. The van der Waals surface area contributed by atoms with Crippen molar-refractivity contribution in [2.45, 2.75) is 12.0 Å². The molecule has 1 fully saturated rings. The van der Waals surface area contributed by atoms with E-state index in [1.165, 1.54) is 0 Å². The van der Waals surface area contributed by atoms with Crippen molar-refractivity contribution in [2.24, 2.45) is 5.73 Å². The minimum absolute atomic E-state index is 0.307. The van der Waals surface area contributed by atoms with Gasteiger partial charge in [-0.25, -0.2) is 0 Å². The number of nitrogens with two attached hydrogens (primary N) is 1. The maximum Gasteiger partial charge on any atom is 0.109 e. The molecule has 1 saturated heterocycles. The summed E-state index contributed by atoms with van der Waals surface area (Å²) in [6.07, 6.45) is 0.966. The molecule has 70 valence electrons. The van der Waals surface area contributed by atoms with Crippen molar-refractivity contribution in [3.63, 3.8) is 0 Å². The molecule has 1 heterocycles. The normalized spacial score (nSPS) is 26.9. The van der Waals surface area contributed by atoms with Crippen LogP contribution in [0.2, 0.25) is 5.02 Å². The van der Waals surface area contributed by atoms with Crippen molar-refractivity contribution in [3.05, 3.63) is 34.9 Å². The lowest BCUT2D eigenvalue weighted by atomic mass is 9.86. The summed E-state index contributed by atoms with van der Waals surface area (Å²) in [5, 5.41) is 0.743. The van der Waals surface area contributed by atoms with E-state index in [0.717, 1.165) is 23.6 Å². The first kappa shape index (κ1) is 9.00. The Morgan fingerprint density at radius 1 is 1.46 bits per heavy atom. The van der Waals surface area contributed by atoms with Gasteiger partial charge in [0.2, 0.25) is 0 Å². The summed E-state index contributed by atoms with van der Waals surface area (Å²) in [5.74, 6) is 0. The molecule has 2 rings (SSSR count). The van der Waals surface area contributed by atoms with Gasteiger partial charge in [-0.15, -0.1) is 0 Å². The van der Waals surface area contributed by atoms with Crippen LogP contribution in [0.4, 0.5) is 0 Å². The molecule has 0 saturated carbocycles. The van der Waals surface area contributed by atoms with Crippen LogP contribution in [0.1, 0.15) is 12.0 Å². The first-order chi connectivity index (χ1) is 6.28. The molecular weight excluding hydrogens is 186 g/mol. The number of hydrogen-bond donors (Lipinski definition) is 1. The zero-order valence-electron chi connectivity index (χ0n) is 7.29. The summed E-state index contributed by atoms with van der Waals surface area (Å²) in [6.45, 7) is 1.28. The minimum atomic E-state index is -0.307. The van der Waals surface area contributed by atoms with Gasteiger partial charge in [0.1, 0.15) is 5.60 Å². The third-order valence-corrected chi connectivity index (χ3v) is 2.91. The molecule has 1 aliphatic heterocycles. The SMILES string of the molecule is NCC1(c2ccccc2Cl)CCO1. The van der Waals surface area contributed by atoms with Gasteiger partial charge in [-0.3, -0.25) is 0 Å². The molecule has 1 atom stereocenters. The summed E-state index contributed by atoms with van der Waals surface area (Å²) in [7, 11) is 0. The molecule has 1 aromatic carbocycles. The molecule has 3 heteroatoms. The Morgan fingerprint density at radius 2 is 2.15 bits per heavy atom. The topological polar surface area (TPSA) is 35.2 Å². The van der Waals surface area contributed by atoms with Crippen LogP contribution in [0.5, 0.6) is 0 Å². The Balaban J connectivity index is 2.38. The highest BCUT2D eigenvalue weighted by Crippen LogP contribution is 2.39. The quantitative estimate of drug-likeness (QED) is 0.786. The summed E-state index contributed by atoms with van der Waals surface area (Å²) >= 11 is 6.06.